The van der Waals surface area contributed by atoms with Crippen LogP contribution >= 0.6 is 22.9 Å². The first-order chi connectivity index (χ1) is 14.5. The maximum Gasteiger partial charge on any atom is 0.296 e. The van der Waals surface area contributed by atoms with Crippen molar-refractivity contribution in [1.82, 2.24) is 14.6 Å². The molecule has 0 unspecified atom stereocenters. The van der Waals surface area contributed by atoms with Crippen molar-refractivity contribution in [2.24, 2.45) is 0 Å². The van der Waals surface area contributed by atoms with Gasteiger partial charge in [-0.25, -0.2) is 0 Å². The van der Waals surface area contributed by atoms with Crippen molar-refractivity contribution in [3.05, 3.63) is 95.6 Å². The van der Waals surface area contributed by atoms with Crippen LogP contribution in [0.1, 0.15) is 30.2 Å². The Morgan fingerprint density at radius 3 is 2.63 bits per heavy atom. The molecule has 0 aliphatic heterocycles. The SMILES string of the molecule is CCCOc1ccc(Cc2nn3c(=O)/c(=C\c4ccccc4Cl)sc3nc2=O)cc1. The van der Waals surface area contributed by atoms with E-state index in [1.165, 1.54) is 4.52 Å². The molecule has 0 fully saturated rings. The van der Waals surface area contributed by atoms with E-state index in [9.17, 15) is 9.59 Å². The average molecular weight is 440 g/mol. The summed E-state index contributed by atoms with van der Waals surface area (Å²) in [5.74, 6) is 0.776. The van der Waals surface area contributed by atoms with Crippen molar-refractivity contribution in [3.63, 3.8) is 0 Å². The van der Waals surface area contributed by atoms with Gasteiger partial charge in [-0.1, -0.05) is 60.2 Å². The fourth-order valence-electron chi connectivity index (χ4n) is 2.90. The zero-order valence-corrected chi connectivity index (χ0v) is 17.7. The summed E-state index contributed by atoms with van der Waals surface area (Å²) in [5.41, 5.74) is 1.06. The van der Waals surface area contributed by atoms with Gasteiger partial charge in [0.2, 0.25) is 4.96 Å². The molecule has 8 heteroatoms. The monoisotopic (exact) mass is 439 g/mol. The first kappa shape index (κ1) is 20.3. The van der Waals surface area contributed by atoms with Gasteiger partial charge < -0.3 is 4.74 Å². The Labute approximate surface area is 181 Å². The molecule has 2 aromatic heterocycles. The largest absolute Gasteiger partial charge is 0.494 e. The molecule has 0 atom stereocenters. The minimum absolute atomic E-state index is 0.217. The number of thiazole rings is 1. The first-order valence-corrected chi connectivity index (χ1v) is 10.7. The van der Waals surface area contributed by atoms with Crippen molar-refractivity contribution >= 4 is 34.0 Å². The van der Waals surface area contributed by atoms with Gasteiger partial charge in [-0.3, -0.25) is 9.59 Å². The van der Waals surface area contributed by atoms with Crippen LogP contribution in [0.25, 0.3) is 11.0 Å². The van der Waals surface area contributed by atoms with Crippen LogP contribution < -0.4 is 20.4 Å². The molecule has 0 aliphatic carbocycles. The van der Waals surface area contributed by atoms with E-state index in [1.807, 2.05) is 49.4 Å². The molecule has 0 radical (unpaired) electrons. The molecule has 152 valence electrons. The molecule has 0 bridgehead atoms. The third-order valence-corrected chi connectivity index (χ3v) is 5.71. The molecule has 0 saturated carbocycles. The van der Waals surface area contributed by atoms with Crippen LogP contribution in [0, 0.1) is 0 Å². The molecule has 0 N–H and O–H groups in total. The van der Waals surface area contributed by atoms with Crippen LogP contribution in [0.4, 0.5) is 0 Å². The van der Waals surface area contributed by atoms with Crippen molar-refractivity contribution in [3.8, 4) is 5.75 Å². The summed E-state index contributed by atoms with van der Waals surface area (Å²) < 4.78 is 7.17. The molecule has 2 heterocycles. The molecular weight excluding hydrogens is 422 g/mol. The third kappa shape index (κ3) is 4.27. The highest BCUT2D eigenvalue weighted by molar-refractivity contribution is 7.15. The molecule has 0 amide bonds. The standard InChI is InChI=1S/C22H18ClN3O3S/c1-2-11-29-16-9-7-14(8-10-16)12-18-20(27)24-22-26(25-18)21(28)19(30-22)13-15-5-3-4-6-17(15)23/h3-10,13H,2,11-12H2,1H3/b19-13+. The maximum atomic E-state index is 12.8. The second-order valence-corrected chi connectivity index (χ2v) is 8.08. The summed E-state index contributed by atoms with van der Waals surface area (Å²) in [6.45, 7) is 2.70. The van der Waals surface area contributed by atoms with E-state index in [1.54, 1.807) is 12.1 Å². The number of benzene rings is 2. The van der Waals surface area contributed by atoms with Gasteiger partial charge in [0.15, 0.2) is 0 Å². The Balaban J connectivity index is 1.68. The predicted molar refractivity (Wildman–Crippen MR) is 119 cm³/mol. The van der Waals surface area contributed by atoms with Crippen molar-refractivity contribution < 1.29 is 4.74 Å². The van der Waals surface area contributed by atoms with Crippen molar-refractivity contribution in [2.75, 3.05) is 6.61 Å². The highest BCUT2D eigenvalue weighted by Crippen LogP contribution is 2.16. The quantitative estimate of drug-likeness (QED) is 0.461. The molecule has 6 nitrogen and oxygen atoms in total. The minimum Gasteiger partial charge on any atom is -0.494 e. The minimum atomic E-state index is -0.438. The summed E-state index contributed by atoms with van der Waals surface area (Å²) >= 11 is 7.29. The number of fused-ring (bicyclic) bond motifs is 1. The molecule has 0 saturated heterocycles. The van der Waals surface area contributed by atoms with Crippen LogP contribution in [0.15, 0.2) is 58.1 Å². The van der Waals surface area contributed by atoms with Crippen LogP contribution in [0.2, 0.25) is 5.02 Å². The van der Waals surface area contributed by atoms with E-state index < -0.39 is 5.56 Å². The van der Waals surface area contributed by atoms with Gasteiger partial charge in [0.1, 0.15) is 11.4 Å². The zero-order valence-electron chi connectivity index (χ0n) is 16.2. The van der Waals surface area contributed by atoms with Gasteiger partial charge in [0.25, 0.3) is 11.1 Å². The highest BCUT2D eigenvalue weighted by Gasteiger charge is 2.12. The van der Waals surface area contributed by atoms with E-state index in [-0.39, 0.29) is 22.6 Å². The van der Waals surface area contributed by atoms with Gasteiger partial charge >= 0.3 is 0 Å². The van der Waals surface area contributed by atoms with Gasteiger partial charge in [-0.15, -0.1) is 0 Å². The number of nitrogens with zero attached hydrogens (tertiary/aromatic N) is 3. The number of aromatic nitrogens is 3. The highest BCUT2D eigenvalue weighted by atomic mass is 35.5. The fraction of sp³-hybridized carbons (Fsp3) is 0.182. The zero-order chi connectivity index (χ0) is 21.1. The van der Waals surface area contributed by atoms with E-state index in [4.69, 9.17) is 16.3 Å². The van der Waals surface area contributed by atoms with Crippen molar-refractivity contribution in [2.45, 2.75) is 19.8 Å². The molecule has 2 aromatic carbocycles. The Morgan fingerprint density at radius 1 is 1.13 bits per heavy atom. The lowest BCUT2D eigenvalue weighted by Gasteiger charge is -2.05. The van der Waals surface area contributed by atoms with E-state index in [0.717, 1.165) is 34.6 Å². The number of hydrogen-bond acceptors (Lipinski definition) is 6. The maximum absolute atomic E-state index is 12.8. The Morgan fingerprint density at radius 2 is 1.90 bits per heavy atom. The van der Waals surface area contributed by atoms with Gasteiger partial charge in [-0.05, 0) is 41.8 Å². The van der Waals surface area contributed by atoms with E-state index >= 15 is 0 Å². The van der Waals surface area contributed by atoms with Crippen LogP contribution in [-0.4, -0.2) is 21.2 Å². The van der Waals surface area contributed by atoms with Gasteiger partial charge in [0.05, 0.1) is 11.1 Å². The lowest BCUT2D eigenvalue weighted by atomic mass is 10.1. The number of rotatable bonds is 6. The lowest BCUT2D eigenvalue weighted by molar-refractivity contribution is 0.317. The topological polar surface area (TPSA) is 73.6 Å². The Hall–Kier alpha value is -3.03. The molecular formula is C22H18ClN3O3S. The summed E-state index contributed by atoms with van der Waals surface area (Å²) in [5, 5.41) is 4.82. The molecule has 30 heavy (non-hydrogen) atoms. The summed E-state index contributed by atoms with van der Waals surface area (Å²) in [4.78, 5) is 29.5. The fourth-order valence-corrected chi connectivity index (χ4v) is 3.99. The number of hydrogen-bond donors (Lipinski definition) is 0. The van der Waals surface area contributed by atoms with Gasteiger partial charge in [0, 0.05) is 11.4 Å². The Bertz CT molecular complexity index is 1360. The summed E-state index contributed by atoms with van der Waals surface area (Å²) in [7, 11) is 0. The molecule has 0 aliphatic rings. The number of ether oxygens (including phenoxy) is 1. The molecule has 4 aromatic rings. The predicted octanol–water partition coefficient (Wildman–Crippen LogP) is 3.09. The third-order valence-electron chi connectivity index (χ3n) is 4.41. The van der Waals surface area contributed by atoms with Crippen LogP contribution in [0.3, 0.4) is 0 Å². The summed E-state index contributed by atoms with van der Waals surface area (Å²) in [6, 6.07) is 14.7. The normalized spacial score (nSPS) is 11.9. The Kier molecular flexibility index (Phi) is 5.92. The smallest absolute Gasteiger partial charge is 0.296 e. The van der Waals surface area contributed by atoms with Crippen LogP contribution in [-0.2, 0) is 6.42 Å². The second-order valence-electron chi connectivity index (χ2n) is 6.66. The molecule has 0 spiro atoms. The average Bonchev–Trinajstić information content (AvgIpc) is 3.04. The first-order valence-electron chi connectivity index (χ1n) is 9.46. The van der Waals surface area contributed by atoms with Gasteiger partial charge in [-0.2, -0.15) is 14.6 Å². The lowest BCUT2D eigenvalue weighted by Crippen LogP contribution is -2.28. The van der Waals surface area contributed by atoms with Crippen molar-refractivity contribution in [1.29, 1.82) is 0 Å². The summed E-state index contributed by atoms with van der Waals surface area (Å²) in [6.07, 6.45) is 2.90. The van der Waals surface area contributed by atoms with E-state index in [2.05, 4.69) is 10.1 Å². The number of halogens is 1. The van der Waals surface area contributed by atoms with Crippen LogP contribution in [0.5, 0.6) is 5.75 Å². The second kappa shape index (κ2) is 8.77. The van der Waals surface area contributed by atoms with E-state index in [0.29, 0.717) is 16.2 Å². The molecule has 4 rings (SSSR count).